The molecule has 2 aromatic carbocycles. The third-order valence-electron chi connectivity index (χ3n) is 4.50. The van der Waals surface area contributed by atoms with Crippen LogP contribution >= 0.6 is 23.1 Å². The number of thiazole rings is 1. The van der Waals surface area contributed by atoms with Crippen LogP contribution in [0.3, 0.4) is 0 Å². The first kappa shape index (κ1) is 24.5. The second-order valence-electron chi connectivity index (χ2n) is 7.22. The number of hydrogen-bond donors (Lipinski definition) is 2. The number of benzene rings is 2. The lowest BCUT2D eigenvalue weighted by molar-refractivity contribution is -0.142. The summed E-state index contributed by atoms with van der Waals surface area (Å²) in [5, 5.41) is 7.44. The fraction of sp³-hybridized carbons (Fsp3) is 0.250. The van der Waals surface area contributed by atoms with Gasteiger partial charge in [0.2, 0.25) is 5.91 Å². The van der Waals surface area contributed by atoms with Gasteiger partial charge >= 0.3 is 5.97 Å². The average Bonchev–Trinajstić information content (AvgIpc) is 3.21. The topological polar surface area (TPSA) is 97.4 Å². The van der Waals surface area contributed by atoms with E-state index in [1.54, 1.807) is 31.4 Å². The minimum absolute atomic E-state index is 0.0750. The van der Waals surface area contributed by atoms with Crippen LogP contribution < -0.4 is 10.6 Å². The largest absolute Gasteiger partial charge is 0.466 e. The minimum atomic E-state index is -0.398. The first-order chi connectivity index (χ1) is 15.8. The second-order valence-corrected chi connectivity index (χ2v) is 9.50. The zero-order valence-corrected chi connectivity index (χ0v) is 20.2. The van der Waals surface area contributed by atoms with E-state index in [4.69, 9.17) is 4.74 Å². The van der Waals surface area contributed by atoms with E-state index >= 15 is 0 Å². The Bertz CT molecular complexity index is 1130. The number of esters is 1. The van der Waals surface area contributed by atoms with E-state index in [9.17, 15) is 14.4 Å². The molecule has 2 amide bonds. The van der Waals surface area contributed by atoms with Crippen molar-refractivity contribution in [1.29, 1.82) is 0 Å². The monoisotopic (exact) mass is 483 g/mol. The Morgan fingerprint density at radius 1 is 1.12 bits per heavy atom. The van der Waals surface area contributed by atoms with Gasteiger partial charge in [-0.1, -0.05) is 23.8 Å². The maximum absolute atomic E-state index is 12.6. The molecule has 0 spiro atoms. The maximum Gasteiger partial charge on any atom is 0.311 e. The molecule has 172 valence electrons. The van der Waals surface area contributed by atoms with Gasteiger partial charge in [0.05, 0.1) is 24.0 Å². The third-order valence-corrected chi connectivity index (χ3v) is 6.40. The van der Waals surface area contributed by atoms with Crippen LogP contribution in [-0.2, 0) is 20.7 Å². The van der Waals surface area contributed by atoms with Crippen LogP contribution in [-0.4, -0.2) is 34.6 Å². The highest BCUT2D eigenvalue weighted by atomic mass is 32.2. The molecule has 1 heterocycles. The van der Waals surface area contributed by atoms with E-state index in [0.29, 0.717) is 28.7 Å². The number of aromatic nitrogens is 1. The zero-order chi connectivity index (χ0) is 23.8. The summed E-state index contributed by atoms with van der Waals surface area (Å²) >= 11 is 2.64. The smallest absolute Gasteiger partial charge is 0.311 e. The van der Waals surface area contributed by atoms with E-state index in [-0.39, 0.29) is 24.2 Å². The number of ether oxygens (including phenoxy) is 1. The lowest BCUT2D eigenvalue weighted by atomic mass is 10.1. The fourth-order valence-electron chi connectivity index (χ4n) is 2.83. The van der Waals surface area contributed by atoms with Gasteiger partial charge in [0.15, 0.2) is 5.13 Å². The summed E-state index contributed by atoms with van der Waals surface area (Å²) in [6.07, 6.45) is 0.0750. The maximum atomic E-state index is 12.6. The first-order valence-corrected chi connectivity index (χ1v) is 12.2. The van der Waals surface area contributed by atoms with Crippen LogP contribution in [0.1, 0.15) is 35.5 Å². The molecule has 0 aliphatic rings. The molecular formula is C24H25N3O4S2. The highest BCUT2D eigenvalue weighted by Gasteiger charge is 2.17. The van der Waals surface area contributed by atoms with Gasteiger partial charge in [-0.05, 0) is 51.1 Å². The molecule has 3 rings (SSSR count). The second kappa shape index (κ2) is 11.6. The van der Waals surface area contributed by atoms with E-state index in [2.05, 4.69) is 15.6 Å². The number of thioether (sulfide) groups is 1. The molecule has 2 N–H and O–H groups in total. The summed E-state index contributed by atoms with van der Waals surface area (Å²) < 4.78 is 4.91. The Kier molecular flexibility index (Phi) is 8.62. The minimum Gasteiger partial charge on any atom is -0.466 e. The van der Waals surface area contributed by atoms with Gasteiger partial charge < -0.3 is 15.4 Å². The number of hydrogen-bond acceptors (Lipinski definition) is 7. The third kappa shape index (κ3) is 7.44. The molecule has 9 heteroatoms. The first-order valence-electron chi connectivity index (χ1n) is 10.4. The van der Waals surface area contributed by atoms with Crippen molar-refractivity contribution in [2.24, 2.45) is 0 Å². The lowest BCUT2D eigenvalue weighted by Crippen LogP contribution is -2.22. The molecule has 0 aliphatic heterocycles. The fourth-order valence-corrected chi connectivity index (χ4v) is 4.47. The number of anilines is 2. The molecule has 1 unspecified atom stereocenters. The molecule has 0 aliphatic carbocycles. The molecule has 3 aromatic rings. The number of nitrogens with one attached hydrogen (secondary N) is 2. The van der Waals surface area contributed by atoms with Crippen LogP contribution in [0.4, 0.5) is 10.8 Å². The number of carbonyl (C=O) groups is 3. The number of amides is 2. The highest BCUT2D eigenvalue weighted by Crippen LogP contribution is 2.27. The van der Waals surface area contributed by atoms with Crippen molar-refractivity contribution < 1.29 is 19.1 Å². The summed E-state index contributed by atoms with van der Waals surface area (Å²) in [4.78, 5) is 41.7. The van der Waals surface area contributed by atoms with Crippen molar-refractivity contribution in [3.8, 4) is 0 Å². The van der Waals surface area contributed by atoms with Crippen molar-refractivity contribution in [1.82, 2.24) is 4.98 Å². The van der Waals surface area contributed by atoms with Crippen molar-refractivity contribution in [2.75, 3.05) is 17.2 Å². The summed E-state index contributed by atoms with van der Waals surface area (Å²) in [5.74, 6) is -0.740. The van der Waals surface area contributed by atoms with Gasteiger partial charge in [-0.3, -0.25) is 14.4 Å². The summed E-state index contributed by atoms with van der Waals surface area (Å²) in [6.45, 7) is 5.83. The standard InChI is InChI=1S/C24H25N3O4S2/c1-4-31-21(28)13-19-14-32-24(26-19)27-22(29)16(3)33-20-7-5-6-18(12-20)25-23(30)17-10-8-15(2)9-11-17/h5-12,14,16H,4,13H2,1-3H3,(H,25,30)(H,26,27,29). The Hall–Kier alpha value is -3.17. The molecule has 0 saturated carbocycles. The van der Waals surface area contributed by atoms with Crippen molar-refractivity contribution in [3.05, 3.63) is 70.7 Å². The number of aryl methyl sites for hydroxylation is 1. The van der Waals surface area contributed by atoms with Crippen molar-refractivity contribution in [2.45, 2.75) is 37.3 Å². The quantitative estimate of drug-likeness (QED) is 0.331. The van der Waals surface area contributed by atoms with Crippen molar-refractivity contribution >= 4 is 51.7 Å². The predicted molar refractivity (Wildman–Crippen MR) is 132 cm³/mol. The number of carbonyl (C=O) groups excluding carboxylic acids is 3. The molecular weight excluding hydrogens is 458 g/mol. The predicted octanol–water partition coefficient (Wildman–Crippen LogP) is 4.93. The van der Waals surface area contributed by atoms with Gasteiger partial charge in [-0.25, -0.2) is 4.98 Å². The van der Waals surface area contributed by atoms with Crippen LogP contribution in [0.25, 0.3) is 0 Å². The SMILES string of the molecule is CCOC(=O)Cc1csc(NC(=O)C(C)Sc2cccc(NC(=O)c3ccc(C)cc3)c2)n1. The van der Waals surface area contributed by atoms with Crippen molar-refractivity contribution in [3.63, 3.8) is 0 Å². The Labute approximate surface area is 201 Å². The van der Waals surface area contributed by atoms with Gasteiger partial charge in [-0.15, -0.1) is 23.1 Å². The van der Waals surface area contributed by atoms with Crippen LogP contribution in [0.15, 0.2) is 58.8 Å². The summed E-state index contributed by atoms with van der Waals surface area (Å²) in [5.41, 5.74) is 2.88. The van der Waals surface area contributed by atoms with Crippen LogP contribution in [0.2, 0.25) is 0 Å². The van der Waals surface area contributed by atoms with Gasteiger partial charge in [0.25, 0.3) is 5.91 Å². The lowest BCUT2D eigenvalue weighted by Gasteiger charge is -2.12. The van der Waals surface area contributed by atoms with E-state index in [1.807, 2.05) is 43.3 Å². The Balaban J connectivity index is 1.55. The number of rotatable bonds is 9. The molecule has 0 bridgehead atoms. The Morgan fingerprint density at radius 3 is 2.61 bits per heavy atom. The number of nitrogens with zero attached hydrogens (tertiary/aromatic N) is 1. The highest BCUT2D eigenvalue weighted by molar-refractivity contribution is 8.00. The molecule has 1 atom stereocenters. The van der Waals surface area contributed by atoms with E-state index in [0.717, 1.165) is 10.5 Å². The molecule has 0 radical (unpaired) electrons. The zero-order valence-electron chi connectivity index (χ0n) is 18.6. The van der Waals surface area contributed by atoms with Crippen LogP contribution in [0.5, 0.6) is 0 Å². The summed E-state index contributed by atoms with van der Waals surface area (Å²) in [6, 6.07) is 14.7. The summed E-state index contributed by atoms with van der Waals surface area (Å²) in [7, 11) is 0. The van der Waals surface area contributed by atoms with Gasteiger partial charge in [0, 0.05) is 21.5 Å². The molecule has 1 aromatic heterocycles. The molecule has 0 saturated heterocycles. The van der Waals surface area contributed by atoms with E-state index < -0.39 is 5.25 Å². The average molecular weight is 484 g/mol. The van der Waals surface area contributed by atoms with Gasteiger partial charge in [-0.2, -0.15) is 0 Å². The molecule has 7 nitrogen and oxygen atoms in total. The normalized spacial score (nSPS) is 11.5. The van der Waals surface area contributed by atoms with Gasteiger partial charge in [0.1, 0.15) is 0 Å². The van der Waals surface area contributed by atoms with E-state index in [1.165, 1.54) is 23.1 Å². The Morgan fingerprint density at radius 2 is 1.88 bits per heavy atom. The molecule has 33 heavy (non-hydrogen) atoms. The molecule has 0 fully saturated rings. The van der Waals surface area contributed by atoms with Crippen LogP contribution in [0, 0.1) is 6.92 Å².